The van der Waals surface area contributed by atoms with Crippen molar-refractivity contribution in [3.8, 4) is 0 Å². The minimum atomic E-state index is -0.582. The molecule has 1 atom stereocenters. The Hall–Kier alpha value is -1.76. The van der Waals surface area contributed by atoms with Gasteiger partial charge in [-0.15, -0.1) is 5.10 Å². The van der Waals surface area contributed by atoms with Gasteiger partial charge < -0.3 is 9.63 Å². The first-order chi connectivity index (χ1) is 8.90. The molecule has 2 heterocycles. The van der Waals surface area contributed by atoms with Crippen LogP contribution in [0.5, 0.6) is 0 Å². The van der Waals surface area contributed by atoms with Crippen molar-refractivity contribution in [2.24, 2.45) is 0 Å². The summed E-state index contributed by atoms with van der Waals surface area (Å²) in [4.78, 5) is 4.32. The molecule has 2 rings (SSSR count). The molecule has 0 saturated carbocycles. The first-order valence-electron chi connectivity index (χ1n) is 6.31. The first-order valence-corrected chi connectivity index (χ1v) is 6.31. The van der Waals surface area contributed by atoms with Gasteiger partial charge in [-0.05, 0) is 6.42 Å². The number of aromatic nitrogens is 5. The number of aliphatic hydroxyl groups is 1. The van der Waals surface area contributed by atoms with E-state index in [4.69, 9.17) is 4.52 Å². The highest BCUT2D eigenvalue weighted by atomic mass is 16.5. The number of hydrogen-bond acceptors (Lipinski definition) is 6. The molecule has 0 spiro atoms. The molecule has 2 aromatic rings. The lowest BCUT2D eigenvalue weighted by atomic mass is 9.96. The van der Waals surface area contributed by atoms with Gasteiger partial charge in [0.25, 0.3) is 0 Å². The summed E-state index contributed by atoms with van der Waals surface area (Å²) < 4.78 is 6.76. The molecule has 0 amide bonds. The monoisotopic (exact) mass is 265 g/mol. The van der Waals surface area contributed by atoms with Crippen LogP contribution in [0.15, 0.2) is 10.7 Å². The van der Waals surface area contributed by atoms with Crippen LogP contribution >= 0.6 is 0 Å². The summed E-state index contributed by atoms with van der Waals surface area (Å²) in [6.07, 6.45) is 1.71. The van der Waals surface area contributed by atoms with Crippen LogP contribution in [0.25, 0.3) is 0 Å². The predicted molar refractivity (Wildman–Crippen MR) is 67.4 cm³/mol. The second-order valence-electron chi connectivity index (χ2n) is 5.53. The van der Waals surface area contributed by atoms with E-state index in [0.717, 1.165) is 0 Å². The van der Waals surface area contributed by atoms with Gasteiger partial charge in [0.05, 0.1) is 12.3 Å². The van der Waals surface area contributed by atoms with Crippen molar-refractivity contribution < 1.29 is 9.63 Å². The number of aliphatic hydroxyl groups excluding tert-OH is 1. The fourth-order valence-corrected chi connectivity index (χ4v) is 1.51. The SMILES string of the molecule is CCC(O)c1cn(Cc2nc(C(C)(C)C)no2)nn1. The molecule has 0 aliphatic rings. The van der Waals surface area contributed by atoms with Crippen LogP contribution in [0, 0.1) is 0 Å². The standard InChI is InChI=1S/C12H19N5O2/c1-5-9(18)8-6-17(16-14-8)7-10-13-11(15-19-10)12(2,3)4/h6,9,18H,5,7H2,1-4H3. The summed E-state index contributed by atoms with van der Waals surface area (Å²) in [5.74, 6) is 1.14. The molecule has 1 unspecified atom stereocenters. The Kier molecular flexibility index (Phi) is 3.66. The molecule has 104 valence electrons. The molecule has 0 bridgehead atoms. The third-order valence-corrected chi connectivity index (χ3v) is 2.72. The lowest BCUT2D eigenvalue weighted by Gasteiger charge is -2.10. The minimum absolute atomic E-state index is 0.145. The largest absolute Gasteiger partial charge is 0.387 e. The van der Waals surface area contributed by atoms with Crippen LogP contribution < -0.4 is 0 Å². The second-order valence-corrected chi connectivity index (χ2v) is 5.53. The molecule has 2 aromatic heterocycles. The second kappa shape index (κ2) is 5.08. The molecule has 0 aromatic carbocycles. The van der Waals surface area contributed by atoms with Gasteiger partial charge in [0.15, 0.2) is 5.82 Å². The Bertz CT molecular complexity index is 540. The molecule has 1 N–H and O–H groups in total. The minimum Gasteiger partial charge on any atom is -0.387 e. The summed E-state index contributed by atoms with van der Waals surface area (Å²) in [7, 11) is 0. The number of rotatable bonds is 4. The van der Waals surface area contributed by atoms with E-state index in [-0.39, 0.29) is 5.41 Å². The third-order valence-electron chi connectivity index (χ3n) is 2.72. The summed E-state index contributed by atoms with van der Waals surface area (Å²) in [6.45, 7) is 8.30. The van der Waals surface area contributed by atoms with Crippen LogP contribution in [0.2, 0.25) is 0 Å². The molecular weight excluding hydrogens is 246 g/mol. The molecule has 7 heteroatoms. The van der Waals surface area contributed by atoms with Crippen molar-refractivity contribution in [3.63, 3.8) is 0 Å². The Morgan fingerprint density at radius 2 is 2.16 bits per heavy atom. The van der Waals surface area contributed by atoms with Gasteiger partial charge in [-0.2, -0.15) is 4.98 Å². The Morgan fingerprint density at radius 1 is 1.42 bits per heavy atom. The lowest BCUT2D eigenvalue weighted by molar-refractivity contribution is 0.168. The van der Waals surface area contributed by atoms with Crippen LogP contribution in [-0.2, 0) is 12.0 Å². The molecule has 0 fully saturated rings. The predicted octanol–water partition coefficient (Wildman–Crippen LogP) is 1.45. The van der Waals surface area contributed by atoms with Crippen molar-refractivity contribution in [1.29, 1.82) is 0 Å². The topological polar surface area (TPSA) is 89.9 Å². The van der Waals surface area contributed by atoms with Crippen LogP contribution in [-0.4, -0.2) is 30.2 Å². The van der Waals surface area contributed by atoms with Crippen LogP contribution in [0.4, 0.5) is 0 Å². The van der Waals surface area contributed by atoms with Crippen LogP contribution in [0.1, 0.15) is 57.6 Å². The third kappa shape index (κ3) is 3.17. The number of hydrogen-bond donors (Lipinski definition) is 1. The van der Waals surface area contributed by atoms with E-state index < -0.39 is 6.10 Å². The molecule has 7 nitrogen and oxygen atoms in total. The Labute approximate surface area is 111 Å². The molecule has 0 aliphatic carbocycles. The van der Waals surface area contributed by atoms with Crippen molar-refractivity contribution in [2.45, 2.75) is 52.2 Å². The molecule has 0 aliphatic heterocycles. The van der Waals surface area contributed by atoms with Gasteiger partial charge in [0.1, 0.15) is 12.2 Å². The molecule has 19 heavy (non-hydrogen) atoms. The van der Waals surface area contributed by atoms with E-state index in [0.29, 0.717) is 30.4 Å². The highest BCUT2D eigenvalue weighted by molar-refractivity contribution is 5.01. The fourth-order valence-electron chi connectivity index (χ4n) is 1.51. The zero-order valence-corrected chi connectivity index (χ0v) is 11.7. The summed E-state index contributed by atoms with van der Waals surface area (Å²) in [5.41, 5.74) is 0.409. The smallest absolute Gasteiger partial charge is 0.248 e. The summed E-state index contributed by atoms with van der Waals surface area (Å²) >= 11 is 0. The average molecular weight is 265 g/mol. The molecule has 0 radical (unpaired) electrons. The Morgan fingerprint density at radius 3 is 2.74 bits per heavy atom. The van der Waals surface area contributed by atoms with Crippen molar-refractivity contribution in [1.82, 2.24) is 25.1 Å². The van der Waals surface area contributed by atoms with E-state index in [2.05, 4.69) is 20.5 Å². The van der Waals surface area contributed by atoms with Gasteiger partial charge in [-0.3, -0.25) is 0 Å². The van der Waals surface area contributed by atoms with E-state index in [1.165, 1.54) is 0 Å². The maximum atomic E-state index is 9.65. The van der Waals surface area contributed by atoms with Gasteiger partial charge in [0.2, 0.25) is 5.89 Å². The van der Waals surface area contributed by atoms with Crippen LogP contribution in [0.3, 0.4) is 0 Å². The summed E-state index contributed by atoms with van der Waals surface area (Å²) in [5, 5.41) is 21.4. The zero-order chi connectivity index (χ0) is 14.0. The van der Waals surface area contributed by atoms with Crippen molar-refractivity contribution >= 4 is 0 Å². The highest BCUT2D eigenvalue weighted by Crippen LogP contribution is 2.19. The van der Waals surface area contributed by atoms with Gasteiger partial charge in [0, 0.05) is 5.41 Å². The lowest BCUT2D eigenvalue weighted by Crippen LogP contribution is -2.13. The van der Waals surface area contributed by atoms with Crippen molar-refractivity contribution in [2.75, 3.05) is 0 Å². The average Bonchev–Trinajstić information content (AvgIpc) is 2.97. The number of nitrogens with zero attached hydrogens (tertiary/aromatic N) is 5. The quantitative estimate of drug-likeness (QED) is 0.899. The fraction of sp³-hybridized carbons (Fsp3) is 0.667. The van der Waals surface area contributed by atoms with Gasteiger partial charge in [-0.25, -0.2) is 4.68 Å². The Balaban J connectivity index is 2.09. The molecular formula is C12H19N5O2. The first kappa shape index (κ1) is 13.7. The summed E-state index contributed by atoms with van der Waals surface area (Å²) in [6, 6.07) is 0. The van der Waals surface area contributed by atoms with Gasteiger partial charge >= 0.3 is 0 Å². The normalized spacial score (nSPS) is 13.7. The van der Waals surface area contributed by atoms with E-state index >= 15 is 0 Å². The maximum absolute atomic E-state index is 9.65. The van der Waals surface area contributed by atoms with E-state index in [1.807, 2.05) is 27.7 Å². The highest BCUT2D eigenvalue weighted by Gasteiger charge is 2.21. The van der Waals surface area contributed by atoms with Gasteiger partial charge in [-0.1, -0.05) is 38.1 Å². The molecule has 0 saturated heterocycles. The van der Waals surface area contributed by atoms with Crippen molar-refractivity contribution in [3.05, 3.63) is 23.6 Å². The van der Waals surface area contributed by atoms with E-state index in [9.17, 15) is 5.11 Å². The zero-order valence-electron chi connectivity index (χ0n) is 11.7. The van der Waals surface area contributed by atoms with E-state index in [1.54, 1.807) is 10.9 Å². The maximum Gasteiger partial charge on any atom is 0.248 e.